The van der Waals surface area contributed by atoms with Crippen molar-refractivity contribution in [1.29, 1.82) is 0 Å². The highest BCUT2D eigenvalue weighted by Crippen LogP contribution is 2.22. The molecule has 0 aliphatic heterocycles. The Kier molecular flexibility index (Phi) is 10.3. The molecule has 33 heavy (non-hydrogen) atoms. The second-order valence-corrected chi connectivity index (χ2v) is 9.60. The summed E-state index contributed by atoms with van der Waals surface area (Å²) in [7, 11) is 1.50. The van der Waals surface area contributed by atoms with E-state index in [-0.39, 0.29) is 12.3 Å². The SMILES string of the molecule is COc1cccc(C[C@@H](NC(=O)[C@@H](NC(=O)[C@H](CC(C)C)C[N+](=O)[O-])C(C)(C)C)C(=O)O)c1. The molecule has 0 unspecified atom stereocenters. The van der Waals surface area contributed by atoms with Crippen molar-refractivity contribution in [1.82, 2.24) is 10.6 Å². The molecule has 0 fully saturated rings. The van der Waals surface area contributed by atoms with Gasteiger partial charge in [-0.3, -0.25) is 19.7 Å². The summed E-state index contributed by atoms with van der Waals surface area (Å²) in [5.74, 6) is -2.79. The summed E-state index contributed by atoms with van der Waals surface area (Å²) in [5, 5.41) is 25.8. The minimum absolute atomic E-state index is 0.0143. The molecule has 1 aromatic carbocycles. The van der Waals surface area contributed by atoms with Gasteiger partial charge in [0.05, 0.1) is 7.11 Å². The first-order valence-corrected chi connectivity index (χ1v) is 10.8. The lowest BCUT2D eigenvalue weighted by atomic mass is 9.85. The Balaban J connectivity index is 3.05. The summed E-state index contributed by atoms with van der Waals surface area (Å²) in [6.45, 7) is 8.32. The highest BCUT2D eigenvalue weighted by molar-refractivity contribution is 5.91. The smallest absolute Gasteiger partial charge is 0.326 e. The monoisotopic (exact) mass is 465 g/mol. The molecule has 3 N–H and O–H groups in total. The normalized spacial score (nSPS) is 14.2. The van der Waals surface area contributed by atoms with Crippen LogP contribution in [-0.2, 0) is 20.8 Å². The molecule has 3 atom stereocenters. The number of rotatable bonds is 12. The van der Waals surface area contributed by atoms with Crippen LogP contribution in [0.1, 0.15) is 46.6 Å². The van der Waals surface area contributed by atoms with Crippen LogP contribution in [0.15, 0.2) is 24.3 Å². The van der Waals surface area contributed by atoms with Gasteiger partial charge < -0.3 is 20.5 Å². The van der Waals surface area contributed by atoms with Gasteiger partial charge in [-0.25, -0.2) is 4.79 Å². The summed E-state index contributed by atoms with van der Waals surface area (Å²) in [4.78, 5) is 48.2. The van der Waals surface area contributed by atoms with E-state index in [1.54, 1.807) is 45.0 Å². The maximum absolute atomic E-state index is 13.1. The Morgan fingerprint density at radius 3 is 2.27 bits per heavy atom. The fourth-order valence-corrected chi connectivity index (χ4v) is 3.44. The first kappa shape index (κ1) is 27.9. The lowest BCUT2D eigenvalue weighted by Crippen LogP contribution is -2.58. The van der Waals surface area contributed by atoms with E-state index in [0.717, 1.165) is 0 Å². The number of nitrogens with zero attached hydrogens (tertiary/aromatic N) is 1. The second-order valence-electron chi connectivity index (χ2n) is 9.60. The van der Waals surface area contributed by atoms with Gasteiger partial charge in [0.25, 0.3) is 0 Å². The van der Waals surface area contributed by atoms with Crippen LogP contribution in [0, 0.1) is 27.4 Å². The van der Waals surface area contributed by atoms with Gasteiger partial charge in [-0.2, -0.15) is 0 Å². The summed E-state index contributed by atoms with van der Waals surface area (Å²) in [6.07, 6.45) is 0.305. The molecule has 1 aromatic rings. The minimum Gasteiger partial charge on any atom is -0.497 e. The molecule has 10 heteroatoms. The van der Waals surface area contributed by atoms with Gasteiger partial charge in [-0.15, -0.1) is 0 Å². The number of carbonyl (C=O) groups excluding carboxylic acids is 2. The largest absolute Gasteiger partial charge is 0.497 e. The van der Waals surface area contributed by atoms with E-state index in [1.165, 1.54) is 7.11 Å². The van der Waals surface area contributed by atoms with Crippen molar-refractivity contribution in [2.75, 3.05) is 13.7 Å². The molecule has 0 aromatic heterocycles. The van der Waals surface area contributed by atoms with Crippen molar-refractivity contribution in [3.05, 3.63) is 39.9 Å². The Morgan fingerprint density at radius 2 is 1.79 bits per heavy atom. The average molecular weight is 466 g/mol. The van der Waals surface area contributed by atoms with E-state index in [1.807, 2.05) is 13.8 Å². The summed E-state index contributed by atoms with van der Waals surface area (Å²) < 4.78 is 5.15. The maximum atomic E-state index is 13.1. The summed E-state index contributed by atoms with van der Waals surface area (Å²) in [5.41, 5.74) is -0.114. The van der Waals surface area contributed by atoms with Crippen molar-refractivity contribution in [2.24, 2.45) is 17.3 Å². The fourth-order valence-electron chi connectivity index (χ4n) is 3.44. The lowest BCUT2D eigenvalue weighted by Gasteiger charge is -2.32. The Labute approximate surface area is 194 Å². The molecule has 0 spiro atoms. The molecule has 0 radical (unpaired) electrons. The van der Waals surface area contributed by atoms with Crippen LogP contribution < -0.4 is 15.4 Å². The zero-order valence-electron chi connectivity index (χ0n) is 20.1. The van der Waals surface area contributed by atoms with E-state index in [9.17, 15) is 29.6 Å². The standard InChI is InChI=1S/C23H35N3O7/c1-14(2)10-16(13-26(31)32)20(27)25-19(23(3,4)5)21(28)24-18(22(29)30)12-15-8-7-9-17(11-15)33-6/h7-9,11,14,16,18-19H,10,12-13H2,1-6H3,(H,24,28)(H,25,27)(H,29,30)/t16-,18-,19-/m1/s1. The number of benzene rings is 1. The number of hydrogen-bond acceptors (Lipinski definition) is 6. The number of aliphatic carboxylic acids is 1. The maximum Gasteiger partial charge on any atom is 0.326 e. The molecule has 10 nitrogen and oxygen atoms in total. The van der Waals surface area contributed by atoms with Gasteiger partial charge in [0.1, 0.15) is 23.8 Å². The minimum atomic E-state index is -1.24. The van der Waals surface area contributed by atoms with Gasteiger partial charge in [0, 0.05) is 11.3 Å². The number of hydrogen-bond donors (Lipinski definition) is 3. The molecule has 1 rings (SSSR count). The molecular weight excluding hydrogens is 430 g/mol. The third-order valence-electron chi connectivity index (χ3n) is 5.10. The lowest BCUT2D eigenvalue weighted by molar-refractivity contribution is -0.486. The Hall–Kier alpha value is -3.17. The van der Waals surface area contributed by atoms with Crippen molar-refractivity contribution in [2.45, 2.75) is 59.5 Å². The molecule has 2 amide bonds. The third kappa shape index (κ3) is 9.46. The Morgan fingerprint density at radius 1 is 1.15 bits per heavy atom. The van der Waals surface area contributed by atoms with Crippen molar-refractivity contribution >= 4 is 17.8 Å². The Bertz CT molecular complexity index is 849. The second kappa shape index (κ2) is 12.2. The van der Waals surface area contributed by atoms with E-state index < -0.39 is 52.7 Å². The van der Waals surface area contributed by atoms with Gasteiger partial charge >= 0.3 is 5.97 Å². The van der Waals surface area contributed by atoms with Crippen molar-refractivity contribution in [3.8, 4) is 5.75 Å². The molecule has 0 heterocycles. The number of methoxy groups -OCH3 is 1. The van der Waals surface area contributed by atoms with Crippen LogP contribution >= 0.6 is 0 Å². The number of ether oxygens (including phenoxy) is 1. The van der Waals surface area contributed by atoms with E-state index in [4.69, 9.17) is 4.74 Å². The predicted molar refractivity (Wildman–Crippen MR) is 122 cm³/mol. The quantitative estimate of drug-likeness (QED) is 0.317. The number of nitrogens with one attached hydrogen (secondary N) is 2. The zero-order valence-corrected chi connectivity index (χ0v) is 20.1. The third-order valence-corrected chi connectivity index (χ3v) is 5.10. The molecule has 0 aliphatic rings. The van der Waals surface area contributed by atoms with Crippen molar-refractivity contribution in [3.63, 3.8) is 0 Å². The molecule has 0 aliphatic carbocycles. The van der Waals surface area contributed by atoms with Crippen LogP contribution in [0.3, 0.4) is 0 Å². The number of nitro groups is 1. The van der Waals surface area contributed by atoms with E-state index in [2.05, 4.69) is 10.6 Å². The average Bonchev–Trinajstić information content (AvgIpc) is 2.69. The molecule has 0 saturated heterocycles. The molecular formula is C23H35N3O7. The van der Waals surface area contributed by atoms with Crippen LogP contribution in [0.5, 0.6) is 5.75 Å². The summed E-state index contributed by atoms with van der Waals surface area (Å²) in [6, 6.07) is 4.52. The summed E-state index contributed by atoms with van der Waals surface area (Å²) >= 11 is 0. The van der Waals surface area contributed by atoms with Crippen LogP contribution in [0.2, 0.25) is 0 Å². The van der Waals surface area contributed by atoms with Crippen LogP contribution in [-0.4, -0.2) is 53.6 Å². The predicted octanol–water partition coefficient (Wildman–Crippen LogP) is 2.28. The number of carboxylic acid groups (broad SMARTS) is 1. The highest BCUT2D eigenvalue weighted by Gasteiger charge is 2.37. The number of carboxylic acids is 1. The van der Waals surface area contributed by atoms with E-state index >= 15 is 0 Å². The van der Waals surface area contributed by atoms with Gasteiger partial charge in [0.2, 0.25) is 18.4 Å². The van der Waals surface area contributed by atoms with Gasteiger partial charge in [-0.05, 0) is 35.4 Å². The van der Waals surface area contributed by atoms with Crippen molar-refractivity contribution < 1.29 is 29.2 Å². The highest BCUT2D eigenvalue weighted by atomic mass is 16.6. The van der Waals surface area contributed by atoms with Gasteiger partial charge in [0.15, 0.2) is 0 Å². The van der Waals surface area contributed by atoms with Gasteiger partial charge in [-0.1, -0.05) is 46.8 Å². The van der Waals surface area contributed by atoms with Crippen LogP contribution in [0.25, 0.3) is 0 Å². The molecule has 0 bridgehead atoms. The molecule has 0 saturated carbocycles. The first-order chi connectivity index (χ1) is 15.2. The zero-order chi connectivity index (χ0) is 25.3. The molecule has 184 valence electrons. The fraction of sp³-hybridized carbons (Fsp3) is 0.609. The number of carbonyl (C=O) groups is 3. The topological polar surface area (TPSA) is 148 Å². The van der Waals surface area contributed by atoms with Crippen LogP contribution in [0.4, 0.5) is 0 Å². The number of amides is 2. The van der Waals surface area contributed by atoms with E-state index in [0.29, 0.717) is 17.7 Å². The first-order valence-electron chi connectivity index (χ1n) is 10.8.